The molecule has 0 aromatic heterocycles. The third-order valence-electron chi connectivity index (χ3n) is 1.28. The second-order valence-corrected chi connectivity index (χ2v) is 4.26. The minimum absolute atomic E-state index is 0.126. The van der Waals surface area contributed by atoms with Crippen LogP contribution in [0.25, 0.3) is 0 Å². The molecule has 0 bridgehead atoms. The Morgan fingerprint density at radius 3 is 2.55 bits per heavy atom. The van der Waals surface area contributed by atoms with Gasteiger partial charge in [-0.05, 0) is 0 Å². The van der Waals surface area contributed by atoms with Crippen LogP contribution < -0.4 is 9.20 Å². The van der Waals surface area contributed by atoms with Gasteiger partial charge in [-0.3, -0.25) is 0 Å². The summed E-state index contributed by atoms with van der Waals surface area (Å²) in [7, 11) is 1.62. The van der Waals surface area contributed by atoms with Gasteiger partial charge in [-0.1, -0.05) is 0 Å². The monoisotopic (exact) mass is 217 g/mol. The van der Waals surface area contributed by atoms with Crippen molar-refractivity contribution in [2.45, 2.75) is 12.2 Å². The Bertz CT molecular complexity index is 266. The Morgan fingerprint density at radius 2 is 2.09 bits per heavy atom. The van der Waals surface area contributed by atoms with E-state index < -0.39 is 5.27 Å². The van der Waals surface area contributed by atoms with E-state index in [1.54, 1.807) is 14.0 Å². The quantitative estimate of drug-likeness (QED) is 0.549. The first kappa shape index (κ1) is 6.10. The summed E-state index contributed by atoms with van der Waals surface area (Å²) in [5.74, 6) is 0.816. The molecule has 0 heterocycles. The van der Waals surface area contributed by atoms with E-state index in [0.717, 1.165) is 10.2 Å². The van der Waals surface area contributed by atoms with Gasteiger partial charge in [-0.25, -0.2) is 0 Å². The summed E-state index contributed by atoms with van der Waals surface area (Å²) in [6.45, 7) is 1.61. The van der Waals surface area contributed by atoms with Crippen LogP contribution in [-0.2, 0) is 0 Å². The van der Waals surface area contributed by atoms with Gasteiger partial charge in [0.2, 0.25) is 0 Å². The van der Waals surface area contributed by atoms with Gasteiger partial charge in [-0.15, -0.1) is 0 Å². The van der Waals surface area contributed by atoms with E-state index in [0.29, 0.717) is 0 Å². The third kappa shape index (κ3) is 2.57. The molecule has 2 heteroatoms. The Morgan fingerprint density at radius 1 is 1.45 bits per heavy atom. The van der Waals surface area contributed by atoms with E-state index in [1.807, 2.05) is 24.3 Å². The first-order valence-corrected chi connectivity index (χ1v) is 5.06. The second kappa shape index (κ2) is 4.42. The van der Waals surface area contributed by atoms with Gasteiger partial charge >= 0.3 is 76.2 Å². The van der Waals surface area contributed by atoms with Gasteiger partial charge in [0.1, 0.15) is 0 Å². The zero-order chi connectivity index (χ0) is 9.90. The minimum atomic E-state index is -1.08. The molecule has 0 aliphatic heterocycles. The van der Waals surface area contributed by atoms with Crippen LogP contribution >= 0.6 is 0 Å². The fraction of sp³-hybridized carbons (Fsp3) is 0.333. The molecule has 0 unspecified atom stereocenters. The van der Waals surface area contributed by atoms with Crippen LogP contribution in [0.3, 0.4) is 0 Å². The first-order valence-electron chi connectivity index (χ1n) is 4.34. The molecule has 1 nitrogen and oxygen atoms in total. The fourth-order valence-electron chi connectivity index (χ4n) is 0.762. The molecule has 0 amide bonds. The predicted molar refractivity (Wildman–Crippen MR) is 48.9 cm³/mol. The van der Waals surface area contributed by atoms with Gasteiger partial charge < -0.3 is 0 Å². The number of hydrogen-bond donors (Lipinski definition) is 0. The maximum atomic E-state index is 7.43. The molecule has 0 fully saturated rings. The van der Waals surface area contributed by atoms with Crippen molar-refractivity contribution in [3.63, 3.8) is 0 Å². The van der Waals surface area contributed by atoms with E-state index >= 15 is 0 Å². The van der Waals surface area contributed by atoms with Crippen molar-refractivity contribution in [3.8, 4) is 5.75 Å². The van der Waals surface area contributed by atoms with E-state index in [-0.39, 0.29) is 15.0 Å². The Labute approximate surface area is 76.7 Å². The first-order chi connectivity index (χ1) is 6.01. The van der Waals surface area contributed by atoms with Gasteiger partial charge in [-0.2, -0.15) is 0 Å². The standard InChI is InChI=1S/C9H12OSe/c1-3-11-9-6-4-8(10-2)5-7-9/h4-7H,3H2,1-2H3/i3+1H2. The average Bonchev–Trinajstić information content (AvgIpc) is 2.03. The summed E-state index contributed by atoms with van der Waals surface area (Å²) >= 11 is -0.126. The third-order valence-corrected chi connectivity index (χ3v) is 2.77. The van der Waals surface area contributed by atoms with Crippen LogP contribution in [0.2, 0.25) is 5.27 Å². The van der Waals surface area contributed by atoms with Crippen LogP contribution in [-0.4, -0.2) is 22.1 Å². The fourth-order valence-corrected chi connectivity index (χ4v) is 1.83. The van der Waals surface area contributed by atoms with E-state index in [4.69, 9.17) is 7.48 Å². The molecule has 0 atom stereocenters. The van der Waals surface area contributed by atoms with Crippen molar-refractivity contribution in [2.75, 3.05) is 7.11 Å². The normalized spacial score (nSPS) is 13.6. The summed E-state index contributed by atoms with van der Waals surface area (Å²) in [6, 6.07) is 7.56. The van der Waals surface area contributed by atoms with Crippen LogP contribution in [0.5, 0.6) is 5.75 Å². The molecule has 0 spiro atoms. The molecule has 0 radical (unpaired) electrons. The van der Waals surface area contributed by atoms with Gasteiger partial charge in [0.25, 0.3) is 0 Å². The molecule has 0 aliphatic rings. The molecule has 0 aliphatic carbocycles. The number of ether oxygens (including phenoxy) is 1. The van der Waals surface area contributed by atoms with Crippen molar-refractivity contribution in [3.05, 3.63) is 24.3 Å². The summed E-state index contributed by atoms with van der Waals surface area (Å²) in [5, 5.41) is -1.08. The summed E-state index contributed by atoms with van der Waals surface area (Å²) < 4.78 is 20.9. The Hall–Kier alpha value is -0.461. The number of hydrogen-bond acceptors (Lipinski definition) is 1. The molecule has 0 N–H and O–H groups in total. The molecule has 1 rings (SSSR count). The van der Waals surface area contributed by atoms with E-state index in [1.165, 1.54) is 0 Å². The number of benzene rings is 1. The average molecular weight is 216 g/mol. The number of rotatable bonds is 3. The van der Waals surface area contributed by atoms with Crippen molar-refractivity contribution in [1.29, 1.82) is 0 Å². The van der Waals surface area contributed by atoms with Gasteiger partial charge in [0.05, 0.1) is 0 Å². The topological polar surface area (TPSA) is 9.23 Å². The maximum absolute atomic E-state index is 7.43. The Kier molecular flexibility index (Phi) is 2.45. The molecular weight excluding hydrogens is 204 g/mol. The van der Waals surface area contributed by atoms with Crippen LogP contribution in [0.15, 0.2) is 24.3 Å². The van der Waals surface area contributed by atoms with Crippen LogP contribution in [0.4, 0.5) is 0 Å². The van der Waals surface area contributed by atoms with Crippen molar-refractivity contribution in [1.82, 2.24) is 0 Å². The van der Waals surface area contributed by atoms with Crippen LogP contribution in [0.1, 0.15) is 9.67 Å². The molecular formula is C9H12OSe. The van der Waals surface area contributed by atoms with Crippen molar-refractivity contribution in [2.24, 2.45) is 0 Å². The van der Waals surface area contributed by atoms with E-state index in [2.05, 4.69) is 0 Å². The molecule has 1 aromatic rings. The molecule has 60 valence electrons. The Balaban J connectivity index is 2.70. The van der Waals surface area contributed by atoms with Crippen LogP contribution in [0, 0.1) is 0 Å². The number of methoxy groups -OCH3 is 1. The molecule has 0 saturated carbocycles. The SMILES string of the molecule is [1H][13C]([1H])(C)[Se]c1ccc(OC)cc1. The van der Waals surface area contributed by atoms with Gasteiger partial charge in [0.15, 0.2) is 0 Å². The zero-order valence-corrected chi connectivity index (χ0v) is 8.34. The molecule has 0 saturated heterocycles. The zero-order valence-electron chi connectivity index (χ0n) is 8.63. The predicted octanol–water partition coefficient (Wildman–Crippen LogP) is 1.46. The van der Waals surface area contributed by atoms with Gasteiger partial charge in [0, 0.05) is 0 Å². The summed E-state index contributed by atoms with van der Waals surface area (Å²) in [6.07, 6.45) is 0. The van der Waals surface area contributed by atoms with Crippen molar-refractivity contribution < 1.29 is 7.48 Å². The van der Waals surface area contributed by atoms with E-state index in [9.17, 15) is 0 Å². The summed E-state index contributed by atoms with van der Waals surface area (Å²) in [4.78, 5) is 0. The second-order valence-electron chi connectivity index (χ2n) is 1.98. The summed E-state index contributed by atoms with van der Waals surface area (Å²) in [5.41, 5.74) is 0. The molecule has 1 aromatic carbocycles. The van der Waals surface area contributed by atoms with Crippen molar-refractivity contribution >= 4 is 19.4 Å². The molecule has 11 heavy (non-hydrogen) atoms.